The van der Waals surface area contributed by atoms with Crippen molar-refractivity contribution >= 4 is 11.8 Å². The number of primary amides is 1. The van der Waals surface area contributed by atoms with E-state index in [1.54, 1.807) is 4.90 Å². The van der Waals surface area contributed by atoms with Crippen molar-refractivity contribution in [3.63, 3.8) is 0 Å². The number of nitrogens with zero attached hydrogens (tertiary/aromatic N) is 1. The van der Waals surface area contributed by atoms with Gasteiger partial charge in [0.2, 0.25) is 5.91 Å². The number of carbonyl (C=O) groups is 2. The molecule has 0 aromatic heterocycles. The summed E-state index contributed by atoms with van der Waals surface area (Å²) in [5, 5.41) is 0. The van der Waals surface area contributed by atoms with Gasteiger partial charge in [0.15, 0.2) is 5.76 Å². The first-order chi connectivity index (χ1) is 9.15. The van der Waals surface area contributed by atoms with Crippen molar-refractivity contribution in [3.05, 3.63) is 41.2 Å². The number of fused-ring (bicyclic) bond motifs is 1. The molecule has 3 rings (SSSR count). The van der Waals surface area contributed by atoms with Gasteiger partial charge < -0.3 is 15.4 Å². The van der Waals surface area contributed by atoms with Gasteiger partial charge in [-0.15, -0.1) is 0 Å². The van der Waals surface area contributed by atoms with Gasteiger partial charge in [0.1, 0.15) is 5.75 Å². The van der Waals surface area contributed by atoms with Crippen molar-refractivity contribution in [2.75, 3.05) is 13.1 Å². The quantitative estimate of drug-likeness (QED) is 0.862. The molecule has 2 amide bonds. The molecule has 2 aliphatic rings. The highest BCUT2D eigenvalue weighted by atomic mass is 16.5. The van der Waals surface area contributed by atoms with Gasteiger partial charge in [0, 0.05) is 31.5 Å². The van der Waals surface area contributed by atoms with Gasteiger partial charge in [-0.3, -0.25) is 9.59 Å². The summed E-state index contributed by atoms with van der Waals surface area (Å²) < 4.78 is 5.68. The lowest BCUT2D eigenvalue weighted by atomic mass is 10.0. The molecule has 2 aliphatic heterocycles. The van der Waals surface area contributed by atoms with Crippen LogP contribution < -0.4 is 10.5 Å². The number of carbonyl (C=O) groups excluding carboxylic acids is 2. The number of para-hydroxylation sites is 1. The topological polar surface area (TPSA) is 72.6 Å². The predicted octanol–water partition coefficient (Wildman–Crippen LogP) is 0.593. The van der Waals surface area contributed by atoms with Crippen LogP contribution in [0.2, 0.25) is 0 Å². The monoisotopic (exact) mass is 258 g/mol. The largest absolute Gasteiger partial charge is 0.451 e. The van der Waals surface area contributed by atoms with Gasteiger partial charge in [-0.25, -0.2) is 0 Å². The molecule has 1 aromatic rings. The molecule has 5 heteroatoms. The lowest BCUT2D eigenvalue weighted by molar-refractivity contribution is -0.128. The fraction of sp³-hybridized carbons (Fsp3) is 0.286. The summed E-state index contributed by atoms with van der Waals surface area (Å²) in [5.74, 6) is 0.613. The van der Waals surface area contributed by atoms with Gasteiger partial charge in [-0.2, -0.15) is 0 Å². The summed E-state index contributed by atoms with van der Waals surface area (Å²) in [6.07, 6.45) is 0.906. The Morgan fingerprint density at radius 2 is 2.16 bits per heavy atom. The van der Waals surface area contributed by atoms with Crippen LogP contribution in [-0.2, 0) is 16.0 Å². The molecule has 0 unspecified atom stereocenters. The van der Waals surface area contributed by atoms with Gasteiger partial charge in [-0.1, -0.05) is 18.2 Å². The summed E-state index contributed by atoms with van der Waals surface area (Å²) in [6, 6.07) is 7.69. The lowest BCUT2D eigenvalue weighted by Crippen LogP contribution is -2.31. The zero-order valence-corrected chi connectivity index (χ0v) is 10.4. The van der Waals surface area contributed by atoms with Crippen molar-refractivity contribution in [3.8, 4) is 5.75 Å². The maximum Gasteiger partial charge on any atom is 0.289 e. The Morgan fingerprint density at radius 1 is 1.37 bits per heavy atom. The SMILES string of the molecule is NC(=O)CCN1CC2=C(Oc3ccccc3C2)C1=O. The third kappa shape index (κ3) is 2.07. The molecule has 0 bridgehead atoms. The zero-order chi connectivity index (χ0) is 13.4. The van der Waals surface area contributed by atoms with Crippen LogP contribution in [-0.4, -0.2) is 29.8 Å². The predicted molar refractivity (Wildman–Crippen MR) is 68.2 cm³/mol. The average Bonchev–Trinajstić information content (AvgIpc) is 2.70. The third-order valence-electron chi connectivity index (χ3n) is 3.40. The molecule has 2 N–H and O–H groups in total. The van der Waals surface area contributed by atoms with E-state index in [1.807, 2.05) is 24.3 Å². The fourth-order valence-corrected chi connectivity index (χ4v) is 2.44. The van der Waals surface area contributed by atoms with Crippen LogP contribution in [0, 0.1) is 0 Å². The van der Waals surface area contributed by atoms with Crippen molar-refractivity contribution < 1.29 is 14.3 Å². The second-order valence-electron chi connectivity index (χ2n) is 4.76. The van der Waals surface area contributed by atoms with Crippen molar-refractivity contribution in [2.24, 2.45) is 5.73 Å². The molecule has 0 aliphatic carbocycles. The number of nitrogens with two attached hydrogens (primary N) is 1. The number of hydrogen-bond acceptors (Lipinski definition) is 3. The number of hydrogen-bond donors (Lipinski definition) is 1. The minimum atomic E-state index is -0.401. The van der Waals surface area contributed by atoms with Crippen LogP contribution in [0.15, 0.2) is 35.6 Å². The standard InChI is InChI=1S/C14H14N2O3/c15-12(17)5-6-16-8-10-7-9-3-1-2-4-11(9)19-13(10)14(16)18/h1-4H,5-8H2,(H2,15,17). The molecule has 1 aromatic carbocycles. The van der Waals surface area contributed by atoms with Crippen molar-refractivity contribution in [1.29, 1.82) is 0 Å². The van der Waals surface area contributed by atoms with Crippen molar-refractivity contribution in [1.82, 2.24) is 4.90 Å². The molecule has 0 spiro atoms. The average molecular weight is 258 g/mol. The van der Waals surface area contributed by atoms with E-state index >= 15 is 0 Å². The molecule has 0 fully saturated rings. The first-order valence-electron chi connectivity index (χ1n) is 6.20. The second-order valence-corrected chi connectivity index (χ2v) is 4.76. The first-order valence-corrected chi connectivity index (χ1v) is 6.20. The van der Waals surface area contributed by atoms with Crippen LogP contribution in [0.3, 0.4) is 0 Å². The van der Waals surface area contributed by atoms with Crippen LogP contribution in [0.4, 0.5) is 0 Å². The summed E-state index contributed by atoms with van der Waals surface area (Å²) in [7, 11) is 0. The molecule has 0 radical (unpaired) electrons. The zero-order valence-electron chi connectivity index (χ0n) is 10.4. The van der Waals surface area contributed by atoms with Gasteiger partial charge in [0.05, 0.1) is 0 Å². The Balaban J connectivity index is 1.77. The molecular weight excluding hydrogens is 244 g/mol. The van der Waals surface area contributed by atoms with Gasteiger partial charge in [0.25, 0.3) is 5.91 Å². The fourth-order valence-electron chi connectivity index (χ4n) is 2.44. The highest BCUT2D eigenvalue weighted by Gasteiger charge is 2.35. The Hall–Kier alpha value is -2.30. The first kappa shape index (κ1) is 11.8. The van der Waals surface area contributed by atoms with Crippen LogP contribution in [0.1, 0.15) is 12.0 Å². The Morgan fingerprint density at radius 3 is 2.95 bits per heavy atom. The minimum absolute atomic E-state index is 0.147. The number of amides is 2. The van der Waals surface area contributed by atoms with E-state index in [0.717, 1.165) is 23.3 Å². The number of rotatable bonds is 3. The normalized spacial score (nSPS) is 17.1. The summed E-state index contributed by atoms with van der Waals surface area (Å²) >= 11 is 0. The van der Waals surface area contributed by atoms with Gasteiger partial charge in [-0.05, 0) is 11.6 Å². The van der Waals surface area contributed by atoms with E-state index in [9.17, 15) is 9.59 Å². The van der Waals surface area contributed by atoms with Crippen LogP contribution >= 0.6 is 0 Å². The Kier molecular flexibility index (Phi) is 2.74. The molecular formula is C14H14N2O3. The molecule has 98 valence electrons. The van der Waals surface area contributed by atoms with Crippen LogP contribution in [0.5, 0.6) is 5.75 Å². The van der Waals surface area contributed by atoms with E-state index < -0.39 is 5.91 Å². The molecule has 2 heterocycles. The van der Waals surface area contributed by atoms with E-state index in [-0.39, 0.29) is 12.3 Å². The third-order valence-corrected chi connectivity index (χ3v) is 3.40. The number of benzene rings is 1. The van der Waals surface area contributed by atoms with E-state index in [4.69, 9.17) is 10.5 Å². The van der Waals surface area contributed by atoms with E-state index in [0.29, 0.717) is 18.8 Å². The van der Waals surface area contributed by atoms with E-state index in [2.05, 4.69) is 0 Å². The van der Waals surface area contributed by atoms with Gasteiger partial charge >= 0.3 is 0 Å². The summed E-state index contributed by atoms with van der Waals surface area (Å²) in [5.41, 5.74) is 7.18. The minimum Gasteiger partial charge on any atom is -0.451 e. The maximum atomic E-state index is 12.2. The van der Waals surface area contributed by atoms with Crippen molar-refractivity contribution in [2.45, 2.75) is 12.8 Å². The highest BCUT2D eigenvalue weighted by molar-refractivity contribution is 5.96. The Labute approximate surface area is 110 Å². The van der Waals surface area contributed by atoms with E-state index in [1.165, 1.54) is 0 Å². The molecule has 5 nitrogen and oxygen atoms in total. The van der Waals surface area contributed by atoms with Crippen LogP contribution in [0.25, 0.3) is 0 Å². The molecule has 0 atom stereocenters. The Bertz CT molecular complexity index is 592. The molecule has 19 heavy (non-hydrogen) atoms. The number of ether oxygens (including phenoxy) is 1. The smallest absolute Gasteiger partial charge is 0.289 e. The summed E-state index contributed by atoms with van der Waals surface area (Å²) in [4.78, 5) is 24.6. The highest BCUT2D eigenvalue weighted by Crippen LogP contribution is 2.34. The lowest BCUT2D eigenvalue weighted by Gasteiger charge is -2.16. The summed E-state index contributed by atoms with van der Waals surface area (Å²) in [6.45, 7) is 0.872. The molecule has 0 saturated carbocycles. The maximum absolute atomic E-state index is 12.2. The second kappa shape index (κ2) is 4.42. The molecule has 0 saturated heterocycles.